The van der Waals surface area contributed by atoms with Gasteiger partial charge in [0.25, 0.3) is 0 Å². The Morgan fingerprint density at radius 1 is 1.18 bits per heavy atom. The number of carbonyl (C=O) groups excluding carboxylic acids is 1. The largest absolute Gasteiger partial charge is 0.387 e. The third-order valence-corrected chi connectivity index (χ3v) is 8.03. The average Bonchev–Trinajstić information content (AvgIpc) is 3.61. The number of piperazine rings is 1. The molecule has 1 aromatic carbocycles. The monoisotopic (exact) mass is 527 g/mol. The number of hydrogen-bond donors (Lipinski definition) is 1. The van der Waals surface area contributed by atoms with Crippen LogP contribution in [0.25, 0.3) is 0 Å². The molecule has 0 unspecified atom stereocenters. The van der Waals surface area contributed by atoms with Crippen molar-refractivity contribution < 1.29 is 9.90 Å². The van der Waals surface area contributed by atoms with Crippen molar-refractivity contribution in [3.8, 4) is 0 Å². The Morgan fingerprint density at radius 3 is 2.56 bits per heavy atom. The molecule has 1 amide bonds. The molecule has 34 heavy (non-hydrogen) atoms. The standard InChI is InChI=1S/C26H34BrN5O2/c1-17-13-22(33)24-23(17)25(29-16-28-24)31-9-11-32(12-10-31)26(34)21(15-30(2)14-18-3-4-18)19-5-7-20(27)8-6-19/h5-8,16-18,21-22,33H,3-4,9-15H2,1-2H3/t17-,21-,22+/m1/s1. The van der Waals surface area contributed by atoms with Crippen LogP contribution in [0, 0.1) is 5.92 Å². The number of halogens is 1. The fraction of sp³-hybridized carbons (Fsp3) is 0.577. The lowest BCUT2D eigenvalue weighted by Gasteiger charge is -2.38. The molecule has 1 saturated heterocycles. The van der Waals surface area contributed by atoms with Crippen LogP contribution in [0.5, 0.6) is 0 Å². The van der Waals surface area contributed by atoms with Crippen LogP contribution >= 0.6 is 15.9 Å². The van der Waals surface area contributed by atoms with E-state index in [4.69, 9.17) is 0 Å². The summed E-state index contributed by atoms with van der Waals surface area (Å²) in [6, 6.07) is 8.20. The Morgan fingerprint density at radius 2 is 1.88 bits per heavy atom. The predicted octanol–water partition coefficient (Wildman–Crippen LogP) is 3.55. The van der Waals surface area contributed by atoms with E-state index in [1.54, 1.807) is 6.33 Å². The number of aliphatic hydroxyl groups excluding tert-OH is 1. The van der Waals surface area contributed by atoms with Crippen LogP contribution in [0.1, 0.15) is 60.9 Å². The van der Waals surface area contributed by atoms with Crippen LogP contribution in [0.15, 0.2) is 35.1 Å². The van der Waals surface area contributed by atoms with Crippen molar-refractivity contribution in [3.05, 3.63) is 51.9 Å². The van der Waals surface area contributed by atoms with Gasteiger partial charge in [-0.3, -0.25) is 4.79 Å². The first-order valence-corrected chi connectivity index (χ1v) is 13.2. The Balaban J connectivity index is 1.29. The van der Waals surface area contributed by atoms with E-state index in [9.17, 15) is 9.90 Å². The minimum Gasteiger partial charge on any atom is -0.387 e. The second kappa shape index (κ2) is 9.91. The summed E-state index contributed by atoms with van der Waals surface area (Å²) in [5, 5.41) is 10.3. The number of fused-ring (bicyclic) bond motifs is 1. The number of anilines is 1. The van der Waals surface area contributed by atoms with Crippen LogP contribution in [0.2, 0.25) is 0 Å². The van der Waals surface area contributed by atoms with Crippen LogP contribution in [-0.2, 0) is 4.79 Å². The molecule has 2 fully saturated rings. The first kappa shape index (κ1) is 23.7. The molecule has 182 valence electrons. The van der Waals surface area contributed by atoms with E-state index in [2.05, 4.69) is 61.8 Å². The average molecular weight is 528 g/mol. The SMILES string of the molecule is C[C@@H]1C[C@H](O)c2ncnc(N3CCN(C(=O)[C@H](CN(C)CC4CC4)c4ccc(Br)cc4)CC3)c21. The molecule has 8 heteroatoms. The molecule has 1 saturated carbocycles. The van der Waals surface area contributed by atoms with Crippen molar-refractivity contribution in [1.82, 2.24) is 19.8 Å². The van der Waals surface area contributed by atoms with Gasteiger partial charge in [0.05, 0.1) is 17.7 Å². The van der Waals surface area contributed by atoms with Gasteiger partial charge in [-0.1, -0.05) is 35.0 Å². The van der Waals surface area contributed by atoms with Gasteiger partial charge in [-0.2, -0.15) is 0 Å². The van der Waals surface area contributed by atoms with Gasteiger partial charge in [0.15, 0.2) is 0 Å². The topological polar surface area (TPSA) is 72.8 Å². The Labute approximate surface area is 210 Å². The summed E-state index contributed by atoms with van der Waals surface area (Å²) in [7, 11) is 2.14. The summed E-state index contributed by atoms with van der Waals surface area (Å²) in [5.74, 6) is 2.01. The highest BCUT2D eigenvalue weighted by Gasteiger charge is 2.35. The molecule has 1 aromatic heterocycles. The Kier molecular flexibility index (Phi) is 6.91. The second-order valence-corrected chi connectivity index (χ2v) is 11.1. The zero-order valence-electron chi connectivity index (χ0n) is 20.0. The van der Waals surface area contributed by atoms with Crippen LogP contribution in [0.4, 0.5) is 5.82 Å². The maximum absolute atomic E-state index is 13.8. The molecule has 3 atom stereocenters. The summed E-state index contributed by atoms with van der Waals surface area (Å²) in [6.07, 6.45) is 4.38. The highest BCUT2D eigenvalue weighted by molar-refractivity contribution is 9.10. The molecule has 3 aliphatic rings. The van der Waals surface area contributed by atoms with Crippen molar-refractivity contribution >= 4 is 27.7 Å². The van der Waals surface area contributed by atoms with Gasteiger partial charge in [-0.25, -0.2) is 9.97 Å². The van der Waals surface area contributed by atoms with Crippen molar-refractivity contribution in [3.63, 3.8) is 0 Å². The van der Waals surface area contributed by atoms with Gasteiger partial charge in [0.1, 0.15) is 12.1 Å². The van der Waals surface area contributed by atoms with Crippen LogP contribution in [-0.4, -0.2) is 77.1 Å². The van der Waals surface area contributed by atoms with E-state index >= 15 is 0 Å². The van der Waals surface area contributed by atoms with Gasteiger partial charge in [0, 0.05) is 49.3 Å². The van der Waals surface area contributed by atoms with Gasteiger partial charge >= 0.3 is 0 Å². The predicted molar refractivity (Wildman–Crippen MR) is 136 cm³/mol. The van der Waals surface area contributed by atoms with Gasteiger partial charge in [0.2, 0.25) is 5.91 Å². The molecule has 7 nitrogen and oxygen atoms in total. The lowest BCUT2D eigenvalue weighted by Crippen LogP contribution is -2.51. The third-order valence-electron chi connectivity index (χ3n) is 7.50. The molecular weight excluding hydrogens is 494 g/mol. The molecule has 0 radical (unpaired) electrons. The minimum absolute atomic E-state index is 0.165. The normalized spacial score (nSPS) is 23.3. The lowest BCUT2D eigenvalue weighted by molar-refractivity contribution is -0.133. The summed E-state index contributed by atoms with van der Waals surface area (Å²) in [4.78, 5) is 29.3. The maximum Gasteiger partial charge on any atom is 0.231 e. The maximum atomic E-state index is 13.8. The first-order chi connectivity index (χ1) is 16.4. The fourth-order valence-electron chi connectivity index (χ4n) is 5.46. The number of benzene rings is 1. The second-order valence-electron chi connectivity index (χ2n) is 10.2. The van der Waals surface area contributed by atoms with E-state index in [1.807, 2.05) is 17.0 Å². The number of hydrogen-bond acceptors (Lipinski definition) is 6. The molecule has 5 rings (SSSR count). The zero-order chi connectivity index (χ0) is 23.8. The van der Waals surface area contributed by atoms with Gasteiger partial charge in [-0.15, -0.1) is 0 Å². The Hall–Kier alpha value is -2.03. The quantitative estimate of drug-likeness (QED) is 0.593. The molecule has 2 aromatic rings. The van der Waals surface area contributed by atoms with Crippen molar-refractivity contribution in [2.75, 3.05) is 51.2 Å². The summed E-state index contributed by atoms with van der Waals surface area (Å²) in [5.41, 5.74) is 2.92. The van der Waals surface area contributed by atoms with Crippen LogP contribution < -0.4 is 4.90 Å². The molecule has 0 spiro atoms. The zero-order valence-corrected chi connectivity index (χ0v) is 21.6. The minimum atomic E-state index is -0.506. The number of aromatic nitrogens is 2. The van der Waals surface area contributed by atoms with E-state index in [0.29, 0.717) is 19.5 Å². The molecule has 0 bridgehead atoms. The van der Waals surface area contributed by atoms with Crippen molar-refractivity contribution in [2.24, 2.45) is 5.92 Å². The summed E-state index contributed by atoms with van der Waals surface area (Å²) < 4.78 is 1.03. The molecule has 1 N–H and O–H groups in total. The first-order valence-electron chi connectivity index (χ1n) is 12.4. The van der Waals surface area contributed by atoms with Crippen LogP contribution in [0.3, 0.4) is 0 Å². The van der Waals surface area contributed by atoms with Gasteiger partial charge in [-0.05, 0) is 55.8 Å². The highest BCUT2D eigenvalue weighted by Crippen LogP contribution is 2.42. The number of likely N-dealkylation sites (N-methyl/N-ethyl adjacent to an activating group) is 1. The number of nitrogens with zero attached hydrogens (tertiary/aromatic N) is 5. The number of amides is 1. The fourth-order valence-corrected chi connectivity index (χ4v) is 5.73. The molecular formula is C26H34BrN5O2. The smallest absolute Gasteiger partial charge is 0.231 e. The van der Waals surface area contributed by atoms with E-state index in [0.717, 1.165) is 59.2 Å². The highest BCUT2D eigenvalue weighted by atomic mass is 79.9. The van der Waals surface area contributed by atoms with Crippen molar-refractivity contribution in [1.29, 1.82) is 0 Å². The van der Waals surface area contributed by atoms with Gasteiger partial charge < -0.3 is 19.8 Å². The number of rotatable bonds is 7. The molecule has 1 aliphatic heterocycles. The third kappa shape index (κ3) is 4.99. The summed E-state index contributed by atoms with van der Waals surface area (Å²) >= 11 is 3.52. The number of carbonyl (C=O) groups is 1. The molecule has 2 aliphatic carbocycles. The van der Waals surface area contributed by atoms with E-state index in [-0.39, 0.29) is 17.7 Å². The Bertz CT molecular complexity index is 1020. The van der Waals surface area contributed by atoms with Crippen molar-refractivity contribution in [2.45, 2.75) is 44.1 Å². The molecule has 2 heterocycles. The summed E-state index contributed by atoms with van der Waals surface area (Å²) in [6.45, 7) is 6.76. The number of aliphatic hydroxyl groups is 1. The lowest BCUT2D eigenvalue weighted by atomic mass is 9.96. The van der Waals surface area contributed by atoms with E-state index in [1.165, 1.54) is 12.8 Å². The van der Waals surface area contributed by atoms with E-state index < -0.39 is 6.10 Å².